The van der Waals surface area contributed by atoms with E-state index in [2.05, 4.69) is 15.5 Å². The van der Waals surface area contributed by atoms with Crippen molar-refractivity contribution in [3.63, 3.8) is 0 Å². The molecular weight excluding hydrogens is 366 g/mol. The second-order valence-electron chi connectivity index (χ2n) is 5.58. The number of anilines is 1. The van der Waals surface area contributed by atoms with E-state index in [4.69, 9.17) is 9.15 Å². The molecular formula is C19H17N3O4S. The van der Waals surface area contributed by atoms with Crippen LogP contribution in [-0.2, 0) is 4.79 Å². The zero-order valence-corrected chi connectivity index (χ0v) is 15.6. The van der Waals surface area contributed by atoms with Gasteiger partial charge in [0.15, 0.2) is 5.78 Å². The first kappa shape index (κ1) is 18.7. The monoisotopic (exact) mass is 383 g/mol. The molecule has 0 atom stereocenters. The van der Waals surface area contributed by atoms with Crippen LogP contribution in [0.15, 0.2) is 58.2 Å². The van der Waals surface area contributed by atoms with Gasteiger partial charge in [-0.25, -0.2) is 0 Å². The van der Waals surface area contributed by atoms with E-state index in [-0.39, 0.29) is 17.4 Å². The molecule has 3 rings (SSSR count). The van der Waals surface area contributed by atoms with Gasteiger partial charge in [-0.15, -0.1) is 10.2 Å². The number of nitrogens with zero attached hydrogens (tertiary/aromatic N) is 2. The molecule has 0 saturated heterocycles. The van der Waals surface area contributed by atoms with E-state index in [0.717, 1.165) is 5.56 Å². The summed E-state index contributed by atoms with van der Waals surface area (Å²) in [5, 5.41) is 11.0. The fourth-order valence-electron chi connectivity index (χ4n) is 2.29. The Morgan fingerprint density at radius 2 is 1.93 bits per heavy atom. The maximum absolute atomic E-state index is 12.3. The highest BCUT2D eigenvalue weighted by Gasteiger charge is 2.13. The van der Waals surface area contributed by atoms with Crippen molar-refractivity contribution < 1.29 is 18.7 Å². The van der Waals surface area contributed by atoms with Gasteiger partial charge in [0.2, 0.25) is 11.8 Å². The molecule has 0 aliphatic heterocycles. The molecule has 0 unspecified atom stereocenters. The van der Waals surface area contributed by atoms with Gasteiger partial charge in [0.05, 0.1) is 12.9 Å². The highest BCUT2D eigenvalue weighted by molar-refractivity contribution is 7.99. The zero-order valence-electron chi connectivity index (χ0n) is 14.8. The lowest BCUT2D eigenvalue weighted by Crippen LogP contribution is -2.05. The SMILES string of the molecule is COc1cccc(C(=O)CSc2nnc(-c3ccc(NC(C)=O)cc3)o2)c1. The molecule has 0 saturated carbocycles. The van der Waals surface area contributed by atoms with Crippen molar-refractivity contribution in [2.24, 2.45) is 0 Å². The zero-order chi connectivity index (χ0) is 19.2. The summed E-state index contributed by atoms with van der Waals surface area (Å²) in [6.07, 6.45) is 0. The van der Waals surface area contributed by atoms with Crippen LogP contribution in [0.5, 0.6) is 5.75 Å². The maximum Gasteiger partial charge on any atom is 0.277 e. The van der Waals surface area contributed by atoms with Crippen LogP contribution in [0.25, 0.3) is 11.5 Å². The van der Waals surface area contributed by atoms with Crippen LogP contribution in [0.3, 0.4) is 0 Å². The number of carbonyl (C=O) groups is 2. The predicted molar refractivity (Wildman–Crippen MR) is 102 cm³/mol. The Morgan fingerprint density at radius 1 is 1.15 bits per heavy atom. The molecule has 2 aromatic carbocycles. The molecule has 0 radical (unpaired) electrons. The third-order valence-corrected chi connectivity index (χ3v) is 4.40. The van der Waals surface area contributed by atoms with Crippen molar-refractivity contribution in [2.75, 3.05) is 18.2 Å². The number of hydrogen-bond acceptors (Lipinski definition) is 7. The van der Waals surface area contributed by atoms with Crippen LogP contribution < -0.4 is 10.1 Å². The molecule has 0 aliphatic rings. The van der Waals surface area contributed by atoms with E-state index in [1.807, 2.05) is 0 Å². The van der Waals surface area contributed by atoms with Crippen LogP contribution in [0.2, 0.25) is 0 Å². The molecule has 1 amide bonds. The van der Waals surface area contributed by atoms with Gasteiger partial charge in [0.25, 0.3) is 5.22 Å². The molecule has 1 heterocycles. The largest absolute Gasteiger partial charge is 0.497 e. The van der Waals surface area contributed by atoms with Crippen LogP contribution in [0.1, 0.15) is 17.3 Å². The van der Waals surface area contributed by atoms with Crippen molar-refractivity contribution in [3.8, 4) is 17.2 Å². The molecule has 1 aromatic heterocycles. The van der Waals surface area contributed by atoms with Crippen LogP contribution in [0, 0.1) is 0 Å². The first-order valence-electron chi connectivity index (χ1n) is 8.07. The van der Waals surface area contributed by atoms with Gasteiger partial charge >= 0.3 is 0 Å². The Hall–Kier alpha value is -3.13. The molecule has 27 heavy (non-hydrogen) atoms. The van der Waals surface area contributed by atoms with Gasteiger partial charge in [-0.2, -0.15) is 0 Å². The highest BCUT2D eigenvalue weighted by atomic mass is 32.2. The van der Waals surface area contributed by atoms with Gasteiger partial charge in [-0.3, -0.25) is 9.59 Å². The van der Waals surface area contributed by atoms with E-state index < -0.39 is 0 Å². The summed E-state index contributed by atoms with van der Waals surface area (Å²) in [5.41, 5.74) is 1.97. The number of hydrogen-bond donors (Lipinski definition) is 1. The van der Waals surface area contributed by atoms with Crippen LogP contribution in [0.4, 0.5) is 5.69 Å². The van der Waals surface area contributed by atoms with Gasteiger partial charge in [0, 0.05) is 23.7 Å². The Balaban J connectivity index is 1.62. The Morgan fingerprint density at radius 3 is 2.63 bits per heavy atom. The molecule has 3 aromatic rings. The highest BCUT2D eigenvalue weighted by Crippen LogP contribution is 2.25. The average molecular weight is 383 g/mol. The number of carbonyl (C=O) groups excluding carboxylic acids is 2. The van der Waals surface area contributed by atoms with Gasteiger partial charge in [-0.05, 0) is 36.4 Å². The number of rotatable bonds is 7. The summed E-state index contributed by atoms with van der Waals surface area (Å²) in [7, 11) is 1.56. The van der Waals surface area contributed by atoms with Crippen molar-refractivity contribution >= 4 is 29.1 Å². The normalized spacial score (nSPS) is 10.4. The summed E-state index contributed by atoms with van der Waals surface area (Å²) in [5.74, 6) is 0.962. The number of ketones is 1. The third-order valence-electron chi connectivity index (χ3n) is 3.58. The van der Waals surface area contributed by atoms with Crippen molar-refractivity contribution in [2.45, 2.75) is 12.1 Å². The van der Waals surface area contributed by atoms with E-state index in [9.17, 15) is 9.59 Å². The lowest BCUT2D eigenvalue weighted by molar-refractivity contribution is -0.114. The molecule has 138 valence electrons. The first-order chi connectivity index (χ1) is 13.0. The van der Waals surface area contributed by atoms with Crippen LogP contribution >= 0.6 is 11.8 Å². The van der Waals surface area contributed by atoms with E-state index in [0.29, 0.717) is 28.1 Å². The molecule has 0 fully saturated rings. The first-order valence-corrected chi connectivity index (χ1v) is 9.05. The smallest absolute Gasteiger partial charge is 0.277 e. The van der Waals surface area contributed by atoms with E-state index in [1.54, 1.807) is 55.6 Å². The van der Waals surface area contributed by atoms with Gasteiger partial charge in [0.1, 0.15) is 5.75 Å². The summed E-state index contributed by atoms with van der Waals surface area (Å²) in [4.78, 5) is 23.3. The summed E-state index contributed by atoms with van der Waals surface area (Å²) < 4.78 is 10.7. The number of aromatic nitrogens is 2. The van der Waals surface area contributed by atoms with Gasteiger partial charge in [-0.1, -0.05) is 23.9 Å². The summed E-state index contributed by atoms with van der Waals surface area (Å²) in [6.45, 7) is 1.45. The molecule has 0 spiro atoms. The Labute approximate surface area is 160 Å². The molecule has 8 heteroatoms. The van der Waals surface area contributed by atoms with Crippen molar-refractivity contribution in [1.29, 1.82) is 0 Å². The Bertz CT molecular complexity index is 954. The minimum absolute atomic E-state index is 0.0571. The lowest BCUT2D eigenvalue weighted by Gasteiger charge is -2.02. The van der Waals surface area contributed by atoms with E-state index >= 15 is 0 Å². The second-order valence-corrected chi connectivity index (χ2v) is 6.50. The fraction of sp³-hybridized carbons (Fsp3) is 0.158. The molecule has 0 bridgehead atoms. The number of Topliss-reactive ketones (excluding diaryl/α,β-unsaturated/α-hetero) is 1. The number of benzene rings is 2. The molecule has 7 nitrogen and oxygen atoms in total. The van der Waals surface area contributed by atoms with Crippen molar-refractivity contribution in [1.82, 2.24) is 10.2 Å². The fourth-order valence-corrected chi connectivity index (χ4v) is 2.95. The quantitative estimate of drug-likeness (QED) is 0.491. The minimum Gasteiger partial charge on any atom is -0.497 e. The van der Waals surface area contributed by atoms with Gasteiger partial charge < -0.3 is 14.5 Å². The standard InChI is InChI=1S/C19H17N3O4S/c1-12(23)20-15-8-6-13(7-9-15)18-21-22-19(26-18)27-11-17(24)14-4-3-5-16(10-14)25-2/h3-10H,11H2,1-2H3,(H,20,23). The molecule has 0 aliphatic carbocycles. The number of amides is 1. The summed E-state index contributed by atoms with van der Waals surface area (Å²) in [6, 6.07) is 14.0. The number of thioether (sulfide) groups is 1. The van der Waals surface area contributed by atoms with Crippen molar-refractivity contribution in [3.05, 3.63) is 54.1 Å². The lowest BCUT2D eigenvalue weighted by atomic mass is 10.1. The van der Waals surface area contributed by atoms with Crippen LogP contribution in [-0.4, -0.2) is 34.8 Å². The number of ether oxygens (including phenoxy) is 1. The van der Waals surface area contributed by atoms with E-state index in [1.165, 1.54) is 18.7 Å². The second kappa shape index (κ2) is 8.50. The minimum atomic E-state index is -0.139. The number of nitrogens with one attached hydrogen (secondary N) is 1. The molecule has 1 N–H and O–H groups in total. The maximum atomic E-state index is 12.3. The topological polar surface area (TPSA) is 94.3 Å². The predicted octanol–water partition coefficient (Wildman–Crippen LogP) is 3.68. The Kier molecular flexibility index (Phi) is 5.87. The summed E-state index contributed by atoms with van der Waals surface area (Å²) >= 11 is 1.18. The average Bonchev–Trinajstić information content (AvgIpc) is 3.15. The number of methoxy groups -OCH3 is 1. The third kappa shape index (κ3) is 4.95.